The summed E-state index contributed by atoms with van der Waals surface area (Å²) in [5.41, 5.74) is 0.934. The molecule has 1 aromatic heterocycles. The first-order chi connectivity index (χ1) is 11.0. The van der Waals surface area contributed by atoms with E-state index in [4.69, 9.17) is 0 Å². The number of anilines is 1. The van der Waals surface area contributed by atoms with Crippen LogP contribution in [0.25, 0.3) is 0 Å². The van der Waals surface area contributed by atoms with Crippen molar-refractivity contribution < 1.29 is 8.42 Å². The number of aryl methyl sites for hydroxylation is 1. The van der Waals surface area contributed by atoms with Gasteiger partial charge in [0.05, 0.1) is 4.90 Å². The predicted octanol–water partition coefficient (Wildman–Crippen LogP) is 1.73. The van der Waals surface area contributed by atoms with Crippen molar-refractivity contribution in [3.8, 4) is 0 Å². The van der Waals surface area contributed by atoms with E-state index in [1.807, 2.05) is 13.0 Å². The first kappa shape index (κ1) is 15.9. The molecule has 0 unspecified atom stereocenters. The van der Waals surface area contributed by atoms with Gasteiger partial charge in [-0.05, 0) is 43.5 Å². The third-order valence-corrected chi connectivity index (χ3v) is 5.47. The highest BCUT2D eigenvalue weighted by Crippen LogP contribution is 2.18. The van der Waals surface area contributed by atoms with E-state index in [0.717, 1.165) is 31.5 Å². The Morgan fingerprint density at radius 3 is 2.48 bits per heavy atom. The molecule has 7 heteroatoms. The van der Waals surface area contributed by atoms with Gasteiger partial charge in [0.1, 0.15) is 0 Å². The number of nitrogens with one attached hydrogen (secondary N) is 1. The van der Waals surface area contributed by atoms with E-state index < -0.39 is 10.0 Å². The van der Waals surface area contributed by atoms with E-state index in [9.17, 15) is 8.42 Å². The minimum atomic E-state index is -3.46. The van der Waals surface area contributed by atoms with E-state index in [1.165, 1.54) is 0 Å². The molecule has 23 heavy (non-hydrogen) atoms. The average molecular weight is 332 g/mol. The normalized spacial score (nSPS) is 16.5. The first-order valence-electron chi connectivity index (χ1n) is 7.65. The van der Waals surface area contributed by atoms with Crippen LogP contribution in [0.5, 0.6) is 0 Å². The summed E-state index contributed by atoms with van der Waals surface area (Å²) in [5.74, 6) is 0.701. The second-order valence-electron chi connectivity index (χ2n) is 5.75. The summed E-state index contributed by atoms with van der Waals surface area (Å²) >= 11 is 0. The Balaban J connectivity index is 1.62. The van der Waals surface area contributed by atoms with Crippen LogP contribution in [-0.2, 0) is 10.0 Å². The topological polar surface area (TPSA) is 75.2 Å². The average Bonchev–Trinajstić information content (AvgIpc) is 2.56. The van der Waals surface area contributed by atoms with Crippen LogP contribution in [0.1, 0.15) is 18.4 Å². The molecule has 1 fully saturated rings. The van der Waals surface area contributed by atoms with Crippen molar-refractivity contribution in [1.82, 2.24) is 14.7 Å². The summed E-state index contributed by atoms with van der Waals surface area (Å²) in [6.45, 7) is 3.37. The zero-order valence-corrected chi connectivity index (χ0v) is 13.8. The number of rotatable bonds is 4. The maximum Gasteiger partial charge on any atom is 0.240 e. The fourth-order valence-electron chi connectivity index (χ4n) is 2.72. The molecule has 6 nitrogen and oxygen atoms in total. The van der Waals surface area contributed by atoms with E-state index in [2.05, 4.69) is 19.6 Å². The van der Waals surface area contributed by atoms with Crippen LogP contribution >= 0.6 is 0 Å². The number of hydrogen-bond acceptors (Lipinski definition) is 5. The van der Waals surface area contributed by atoms with E-state index in [0.29, 0.717) is 10.8 Å². The fraction of sp³-hybridized carbons (Fsp3) is 0.375. The molecule has 1 aliphatic rings. The highest BCUT2D eigenvalue weighted by molar-refractivity contribution is 7.89. The third-order valence-electron chi connectivity index (χ3n) is 3.95. The molecule has 122 valence electrons. The molecule has 0 spiro atoms. The van der Waals surface area contributed by atoms with Gasteiger partial charge < -0.3 is 4.90 Å². The molecule has 3 rings (SSSR count). The summed E-state index contributed by atoms with van der Waals surface area (Å²) in [7, 11) is -3.46. The standard InChI is InChI=1S/C16H20N4O2S/c1-13-4-2-5-15(12-13)23(21,22)19-14-6-10-20(11-7-14)16-17-8-3-9-18-16/h2-5,8-9,12,14,19H,6-7,10-11H2,1H3. The SMILES string of the molecule is Cc1cccc(S(=O)(=O)NC2CCN(c3ncccn3)CC2)c1. The van der Waals surface area contributed by atoms with Gasteiger partial charge in [-0.3, -0.25) is 0 Å². The minimum Gasteiger partial charge on any atom is -0.341 e. The first-order valence-corrected chi connectivity index (χ1v) is 9.14. The van der Waals surface area contributed by atoms with E-state index in [1.54, 1.807) is 36.7 Å². The fourth-order valence-corrected chi connectivity index (χ4v) is 4.13. The summed E-state index contributed by atoms with van der Waals surface area (Å²) in [6, 6.07) is 8.70. The van der Waals surface area contributed by atoms with Gasteiger partial charge in [-0.1, -0.05) is 12.1 Å². The Morgan fingerprint density at radius 1 is 1.13 bits per heavy atom. The van der Waals surface area contributed by atoms with Crippen LogP contribution in [0.15, 0.2) is 47.6 Å². The zero-order valence-electron chi connectivity index (χ0n) is 13.0. The summed E-state index contributed by atoms with van der Waals surface area (Å²) in [5, 5.41) is 0. The summed E-state index contributed by atoms with van der Waals surface area (Å²) in [4.78, 5) is 10.9. The Labute approximate surface area is 136 Å². The van der Waals surface area contributed by atoms with Crippen LogP contribution in [-0.4, -0.2) is 37.5 Å². The molecule has 0 saturated carbocycles. The van der Waals surface area contributed by atoms with Crippen LogP contribution in [0.4, 0.5) is 5.95 Å². The van der Waals surface area contributed by atoms with Gasteiger partial charge in [-0.2, -0.15) is 0 Å². The summed E-state index contributed by atoms with van der Waals surface area (Å²) in [6.07, 6.45) is 4.91. The lowest BCUT2D eigenvalue weighted by molar-refractivity contribution is 0.456. The van der Waals surface area contributed by atoms with Gasteiger partial charge in [0, 0.05) is 31.5 Å². The second kappa shape index (κ2) is 6.64. The number of benzene rings is 1. The Bertz CT molecular complexity index is 757. The van der Waals surface area contributed by atoms with Crippen molar-refractivity contribution in [2.75, 3.05) is 18.0 Å². The van der Waals surface area contributed by atoms with Gasteiger partial charge in [0.25, 0.3) is 0 Å². The smallest absolute Gasteiger partial charge is 0.240 e. The number of hydrogen-bond donors (Lipinski definition) is 1. The van der Waals surface area contributed by atoms with E-state index >= 15 is 0 Å². The highest BCUT2D eigenvalue weighted by atomic mass is 32.2. The molecule has 0 bridgehead atoms. The lowest BCUT2D eigenvalue weighted by Crippen LogP contribution is -2.45. The van der Waals surface area contributed by atoms with Crippen molar-refractivity contribution in [1.29, 1.82) is 0 Å². The molecule has 1 aliphatic heterocycles. The molecule has 0 atom stereocenters. The molecule has 1 saturated heterocycles. The van der Waals surface area contributed by atoms with Crippen molar-refractivity contribution in [2.45, 2.75) is 30.7 Å². The zero-order chi connectivity index (χ0) is 16.3. The third kappa shape index (κ3) is 3.86. The van der Waals surface area contributed by atoms with Crippen LogP contribution in [0.3, 0.4) is 0 Å². The Hall–Kier alpha value is -1.99. The second-order valence-corrected chi connectivity index (χ2v) is 7.46. The molecule has 2 aromatic rings. The molecular formula is C16H20N4O2S. The lowest BCUT2D eigenvalue weighted by Gasteiger charge is -2.32. The van der Waals surface area contributed by atoms with Crippen molar-refractivity contribution in [3.05, 3.63) is 48.3 Å². The monoisotopic (exact) mass is 332 g/mol. The summed E-state index contributed by atoms with van der Waals surface area (Å²) < 4.78 is 27.7. The molecule has 0 aliphatic carbocycles. The Kier molecular flexibility index (Phi) is 4.58. The van der Waals surface area contributed by atoms with Gasteiger partial charge in [-0.25, -0.2) is 23.1 Å². The van der Waals surface area contributed by atoms with Crippen molar-refractivity contribution in [3.63, 3.8) is 0 Å². The predicted molar refractivity (Wildman–Crippen MR) is 88.8 cm³/mol. The molecule has 0 radical (unpaired) electrons. The van der Waals surface area contributed by atoms with Gasteiger partial charge in [-0.15, -0.1) is 0 Å². The van der Waals surface area contributed by atoms with Crippen molar-refractivity contribution >= 4 is 16.0 Å². The van der Waals surface area contributed by atoms with Crippen LogP contribution in [0.2, 0.25) is 0 Å². The number of nitrogens with zero attached hydrogens (tertiary/aromatic N) is 3. The van der Waals surface area contributed by atoms with Gasteiger partial charge in [0.2, 0.25) is 16.0 Å². The Morgan fingerprint density at radius 2 is 1.83 bits per heavy atom. The maximum absolute atomic E-state index is 12.5. The van der Waals surface area contributed by atoms with Crippen molar-refractivity contribution in [2.24, 2.45) is 0 Å². The largest absolute Gasteiger partial charge is 0.341 e. The minimum absolute atomic E-state index is 0.0551. The highest BCUT2D eigenvalue weighted by Gasteiger charge is 2.25. The molecule has 0 amide bonds. The molecule has 2 heterocycles. The maximum atomic E-state index is 12.5. The van der Waals surface area contributed by atoms with Gasteiger partial charge >= 0.3 is 0 Å². The molecule has 1 N–H and O–H groups in total. The van der Waals surface area contributed by atoms with Crippen LogP contribution < -0.4 is 9.62 Å². The molecule has 1 aromatic carbocycles. The van der Waals surface area contributed by atoms with E-state index in [-0.39, 0.29) is 6.04 Å². The number of aromatic nitrogens is 2. The quantitative estimate of drug-likeness (QED) is 0.923. The lowest BCUT2D eigenvalue weighted by atomic mass is 10.1. The van der Waals surface area contributed by atoms with Gasteiger partial charge in [0.15, 0.2) is 0 Å². The number of sulfonamides is 1. The van der Waals surface area contributed by atoms with Crippen LogP contribution in [0, 0.1) is 6.92 Å². The molecular weight excluding hydrogens is 312 g/mol. The number of piperidine rings is 1.